The summed E-state index contributed by atoms with van der Waals surface area (Å²) >= 11 is 1.32. The predicted octanol–water partition coefficient (Wildman–Crippen LogP) is 3.96. The van der Waals surface area contributed by atoms with Crippen LogP contribution in [0.2, 0.25) is 0 Å². The van der Waals surface area contributed by atoms with Gasteiger partial charge in [-0.15, -0.1) is 10.2 Å². The van der Waals surface area contributed by atoms with E-state index in [1.54, 1.807) is 0 Å². The average molecular weight is 394 g/mol. The maximum Gasteiger partial charge on any atom is 0.242 e. The van der Waals surface area contributed by atoms with Crippen LogP contribution in [0.1, 0.15) is 46.5 Å². The molecular formula is C21H23N5OS. The predicted molar refractivity (Wildman–Crippen MR) is 112 cm³/mol. The second-order valence-electron chi connectivity index (χ2n) is 7.26. The highest BCUT2D eigenvalue weighted by Gasteiger charge is 2.31. The third-order valence-corrected chi connectivity index (χ3v) is 5.90. The second-order valence-corrected chi connectivity index (χ2v) is 8.33. The number of nitrogens with one attached hydrogen (secondary N) is 1. The summed E-state index contributed by atoms with van der Waals surface area (Å²) in [5.74, 6) is 7.28. The Kier molecular flexibility index (Phi) is 5.09. The lowest BCUT2D eigenvalue weighted by atomic mass is 10.1. The fourth-order valence-corrected chi connectivity index (χ4v) is 4.21. The summed E-state index contributed by atoms with van der Waals surface area (Å²) in [5, 5.41) is 11.6. The summed E-state index contributed by atoms with van der Waals surface area (Å²) in [6, 6.07) is 15.7. The van der Waals surface area contributed by atoms with Gasteiger partial charge in [-0.3, -0.25) is 4.79 Å². The van der Waals surface area contributed by atoms with E-state index in [0.29, 0.717) is 11.1 Å². The first kappa shape index (κ1) is 18.6. The Bertz CT molecular complexity index is 977. The molecule has 0 saturated heterocycles. The van der Waals surface area contributed by atoms with E-state index in [1.165, 1.54) is 16.4 Å². The SMILES string of the molecule is Cc1cc(C)cc(NC(=O)C(Sc2nnc(C3CC3)n2N)c2ccccc2)c1. The highest BCUT2D eigenvalue weighted by Crippen LogP contribution is 2.41. The molecule has 1 aliphatic carbocycles. The summed E-state index contributed by atoms with van der Waals surface area (Å²) in [4.78, 5) is 13.2. The highest BCUT2D eigenvalue weighted by atomic mass is 32.2. The molecule has 1 aromatic heterocycles. The molecule has 0 bridgehead atoms. The van der Waals surface area contributed by atoms with Gasteiger partial charge in [0.15, 0.2) is 5.82 Å². The summed E-state index contributed by atoms with van der Waals surface area (Å²) in [6.07, 6.45) is 2.19. The molecule has 0 radical (unpaired) electrons. The number of amides is 1. The number of rotatable bonds is 6. The number of carbonyl (C=O) groups excluding carboxylic acids is 1. The van der Waals surface area contributed by atoms with Crippen molar-refractivity contribution in [3.05, 3.63) is 71.0 Å². The van der Waals surface area contributed by atoms with E-state index in [2.05, 4.69) is 21.6 Å². The van der Waals surface area contributed by atoms with Gasteiger partial charge in [-0.25, -0.2) is 4.68 Å². The minimum absolute atomic E-state index is 0.114. The van der Waals surface area contributed by atoms with Crippen molar-refractivity contribution < 1.29 is 4.79 Å². The number of benzene rings is 2. The van der Waals surface area contributed by atoms with Crippen molar-refractivity contribution in [1.82, 2.24) is 14.9 Å². The molecule has 144 valence electrons. The van der Waals surface area contributed by atoms with Crippen molar-refractivity contribution in [1.29, 1.82) is 0 Å². The van der Waals surface area contributed by atoms with Gasteiger partial charge in [0.1, 0.15) is 5.25 Å². The van der Waals surface area contributed by atoms with Crippen molar-refractivity contribution in [2.45, 2.75) is 43.0 Å². The lowest BCUT2D eigenvalue weighted by Crippen LogP contribution is -2.21. The minimum atomic E-state index is -0.486. The molecule has 4 rings (SSSR count). The van der Waals surface area contributed by atoms with Crippen molar-refractivity contribution in [2.24, 2.45) is 0 Å². The van der Waals surface area contributed by atoms with E-state index in [9.17, 15) is 4.79 Å². The third-order valence-electron chi connectivity index (χ3n) is 4.69. The van der Waals surface area contributed by atoms with Gasteiger partial charge in [-0.2, -0.15) is 0 Å². The number of carbonyl (C=O) groups is 1. The van der Waals surface area contributed by atoms with Crippen molar-refractivity contribution in [2.75, 3.05) is 11.2 Å². The van der Waals surface area contributed by atoms with E-state index in [4.69, 9.17) is 5.84 Å². The summed E-state index contributed by atoms with van der Waals surface area (Å²) in [7, 11) is 0. The smallest absolute Gasteiger partial charge is 0.242 e. The minimum Gasteiger partial charge on any atom is -0.336 e. The molecule has 1 fully saturated rings. The number of anilines is 1. The van der Waals surface area contributed by atoms with Crippen LogP contribution in [0.3, 0.4) is 0 Å². The van der Waals surface area contributed by atoms with Gasteiger partial charge >= 0.3 is 0 Å². The average Bonchev–Trinajstić information content (AvgIpc) is 3.43. The van der Waals surface area contributed by atoms with Crippen LogP contribution in [-0.4, -0.2) is 20.8 Å². The van der Waals surface area contributed by atoms with Gasteiger partial charge in [-0.1, -0.05) is 48.2 Å². The van der Waals surface area contributed by atoms with E-state index in [0.717, 1.165) is 41.0 Å². The first-order valence-electron chi connectivity index (χ1n) is 9.32. The number of aromatic nitrogens is 3. The van der Waals surface area contributed by atoms with Gasteiger partial charge in [-0.05, 0) is 55.5 Å². The normalized spacial score (nSPS) is 14.6. The Labute approximate surface area is 168 Å². The summed E-state index contributed by atoms with van der Waals surface area (Å²) in [6.45, 7) is 4.03. The Morgan fingerprint density at radius 3 is 2.46 bits per heavy atom. The largest absolute Gasteiger partial charge is 0.336 e. The molecule has 1 unspecified atom stereocenters. The van der Waals surface area contributed by atoms with Crippen LogP contribution in [0.5, 0.6) is 0 Å². The van der Waals surface area contributed by atoms with Crippen LogP contribution < -0.4 is 11.2 Å². The lowest BCUT2D eigenvalue weighted by Gasteiger charge is -2.17. The molecule has 3 N–H and O–H groups in total. The molecular weight excluding hydrogens is 370 g/mol. The van der Waals surface area contributed by atoms with Gasteiger partial charge in [0.2, 0.25) is 11.1 Å². The lowest BCUT2D eigenvalue weighted by molar-refractivity contribution is -0.115. The number of nitrogens with two attached hydrogens (primary N) is 1. The van der Waals surface area contributed by atoms with Gasteiger partial charge in [0.05, 0.1) is 0 Å². The van der Waals surface area contributed by atoms with Crippen molar-refractivity contribution in [3.8, 4) is 0 Å². The quantitative estimate of drug-likeness (QED) is 0.489. The number of thioether (sulfide) groups is 1. The second kappa shape index (κ2) is 7.67. The first-order valence-corrected chi connectivity index (χ1v) is 10.2. The first-order chi connectivity index (χ1) is 13.5. The van der Waals surface area contributed by atoms with Crippen LogP contribution in [0, 0.1) is 13.8 Å². The molecule has 1 atom stereocenters. The number of aryl methyl sites for hydroxylation is 2. The molecule has 1 saturated carbocycles. The number of nitrogens with zero attached hydrogens (tertiary/aromatic N) is 3. The number of nitrogen functional groups attached to an aromatic ring is 1. The van der Waals surface area contributed by atoms with E-state index in [1.807, 2.05) is 56.3 Å². The van der Waals surface area contributed by atoms with E-state index < -0.39 is 5.25 Å². The summed E-state index contributed by atoms with van der Waals surface area (Å²) in [5.41, 5.74) is 3.90. The molecule has 1 aliphatic rings. The summed E-state index contributed by atoms with van der Waals surface area (Å²) < 4.78 is 1.53. The zero-order valence-electron chi connectivity index (χ0n) is 15.9. The Hall–Kier alpha value is -2.80. The molecule has 28 heavy (non-hydrogen) atoms. The van der Waals surface area contributed by atoms with Crippen molar-refractivity contribution >= 4 is 23.4 Å². The molecule has 7 heteroatoms. The van der Waals surface area contributed by atoms with Gasteiger partial charge < -0.3 is 11.2 Å². The van der Waals surface area contributed by atoms with Gasteiger partial charge in [0, 0.05) is 11.6 Å². The number of hydrogen-bond acceptors (Lipinski definition) is 5. The maximum absolute atomic E-state index is 13.2. The van der Waals surface area contributed by atoms with E-state index in [-0.39, 0.29) is 5.91 Å². The molecule has 1 amide bonds. The van der Waals surface area contributed by atoms with Crippen LogP contribution in [0.25, 0.3) is 0 Å². The zero-order valence-corrected chi connectivity index (χ0v) is 16.7. The fraction of sp³-hybridized carbons (Fsp3) is 0.286. The molecule has 6 nitrogen and oxygen atoms in total. The molecule has 0 aliphatic heterocycles. The Morgan fingerprint density at radius 2 is 1.82 bits per heavy atom. The maximum atomic E-state index is 13.2. The standard InChI is InChI=1S/C21H23N5OS/c1-13-10-14(2)12-17(11-13)23-20(27)18(15-6-4-3-5-7-15)28-21-25-24-19(26(21)22)16-8-9-16/h3-7,10-12,16,18H,8-9,22H2,1-2H3,(H,23,27). The number of hydrogen-bond donors (Lipinski definition) is 2. The highest BCUT2D eigenvalue weighted by molar-refractivity contribution is 8.00. The monoisotopic (exact) mass is 393 g/mol. The molecule has 1 heterocycles. The van der Waals surface area contributed by atoms with Crippen molar-refractivity contribution in [3.63, 3.8) is 0 Å². The van der Waals surface area contributed by atoms with Crippen LogP contribution >= 0.6 is 11.8 Å². The van der Waals surface area contributed by atoms with Crippen LogP contribution in [0.15, 0.2) is 53.7 Å². The zero-order chi connectivity index (χ0) is 19.7. The van der Waals surface area contributed by atoms with Crippen LogP contribution in [-0.2, 0) is 4.79 Å². The fourth-order valence-electron chi connectivity index (χ4n) is 3.25. The molecule has 3 aromatic rings. The Balaban J connectivity index is 1.61. The molecule has 2 aromatic carbocycles. The van der Waals surface area contributed by atoms with E-state index >= 15 is 0 Å². The van der Waals surface area contributed by atoms with Gasteiger partial charge in [0.25, 0.3) is 0 Å². The van der Waals surface area contributed by atoms with Crippen LogP contribution in [0.4, 0.5) is 5.69 Å². The third kappa shape index (κ3) is 4.04. The topological polar surface area (TPSA) is 85.8 Å². The Morgan fingerprint density at radius 1 is 1.14 bits per heavy atom. The molecule has 0 spiro atoms.